The Bertz CT molecular complexity index is 743. The molecule has 2 fully saturated rings. The van der Waals surface area contributed by atoms with E-state index in [1.54, 1.807) is 17.0 Å². The molecule has 3 rings (SSSR count). The van der Waals surface area contributed by atoms with Crippen molar-refractivity contribution in [3.05, 3.63) is 29.8 Å². The summed E-state index contributed by atoms with van der Waals surface area (Å²) in [4.78, 5) is 14.8. The van der Waals surface area contributed by atoms with E-state index in [9.17, 15) is 13.2 Å². The maximum absolute atomic E-state index is 12.8. The van der Waals surface area contributed by atoms with Crippen LogP contribution < -0.4 is 0 Å². The number of amides is 1. The summed E-state index contributed by atoms with van der Waals surface area (Å²) in [6, 6.07) is 6.22. The van der Waals surface area contributed by atoms with Gasteiger partial charge >= 0.3 is 0 Å². The van der Waals surface area contributed by atoms with Crippen LogP contribution in [0, 0.1) is 0 Å². The van der Waals surface area contributed by atoms with Crippen LogP contribution in [0.4, 0.5) is 0 Å². The van der Waals surface area contributed by atoms with Crippen molar-refractivity contribution >= 4 is 15.9 Å². The van der Waals surface area contributed by atoms with Crippen LogP contribution in [0.15, 0.2) is 29.2 Å². The number of carbonyl (C=O) groups excluding carboxylic acids is 1. The van der Waals surface area contributed by atoms with Crippen LogP contribution in [0.1, 0.15) is 43.5 Å². The molecular formula is C19H28N2O5S. The zero-order chi connectivity index (χ0) is 19.5. The molecule has 0 atom stereocenters. The number of likely N-dealkylation sites (tertiary alicyclic amines) is 1. The smallest absolute Gasteiger partial charge is 0.253 e. The first-order valence-electron chi connectivity index (χ1n) is 9.59. The zero-order valence-corrected chi connectivity index (χ0v) is 16.8. The standard InChI is InChI=1S/C19H28N2O5S/c1-3-21(4-2)27(23,24)17-8-6-16(7-9-17)18(22)20-12-10-19(11-13-20)25-14-5-15-26-19/h6-9H,3-5,10-15H2,1-2H3. The Balaban J connectivity index is 1.66. The highest BCUT2D eigenvalue weighted by Crippen LogP contribution is 2.31. The number of carbonyl (C=O) groups is 1. The van der Waals surface area contributed by atoms with Gasteiger partial charge in [0.05, 0.1) is 18.1 Å². The topological polar surface area (TPSA) is 76.2 Å². The lowest BCUT2D eigenvalue weighted by atomic mass is 10.0. The minimum atomic E-state index is -3.51. The minimum absolute atomic E-state index is 0.0903. The van der Waals surface area contributed by atoms with Gasteiger partial charge in [0.2, 0.25) is 10.0 Å². The van der Waals surface area contributed by atoms with Crippen LogP contribution in [0.3, 0.4) is 0 Å². The van der Waals surface area contributed by atoms with Crippen molar-refractivity contribution in [1.82, 2.24) is 9.21 Å². The van der Waals surface area contributed by atoms with Crippen molar-refractivity contribution in [2.45, 2.75) is 43.8 Å². The molecule has 8 heteroatoms. The van der Waals surface area contributed by atoms with Crippen molar-refractivity contribution in [2.75, 3.05) is 39.4 Å². The van der Waals surface area contributed by atoms with Gasteiger partial charge in [-0.15, -0.1) is 0 Å². The van der Waals surface area contributed by atoms with Gasteiger partial charge < -0.3 is 14.4 Å². The maximum atomic E-state index is 12.8. The zero-order valence-electron chi connectivity index (χ0n) is 16.0. The fraction of sp³-hybridized carbons (Fsp3) is 0.632. The molecular weight excluding hydrogens is 368 g/mol. The fourth-order valence-corrected chi connectivity index (χ4v) is 5.08. The van der Waals surface area contributed by atoms with E-state index in [1.807, 2.05) is 13.8 Å². The van der Waals surface area contributed by atoms with Crippen molar-refractivity contribution in [1.29, 1.82) is 0 Å². The van der Waals surface area contributed by atoms with Crippen LogP contribution in [0.2, 0.25) is 0 Å². The average molecular weight is 397 g/mol. The van der Waals surface area contributed by atoms with Gasteiger partial charge in [-0.3, -0.25) is 4.79 Å². The summed E-state index contributed by atoms with van der Waals surface area (Å²) in [6.07, 6.45) is 2.23. The van der Waals surface area contributed by atoms with E-state index in [-0.39, 0.29) is 10.8 Å². The lowest BCUT2D eigenvalue weighted by Gasteiger charge is -2.43. The molecule has 0 aliphatic carbocycles. The highest BCUT2D eigenvalue weighted by Gasteiger charge is 2.39. The molecule has 1 amide bonds. The first-order chi connectivity index (χ1) is 12.9. The minimum Gasteiger partial charge on any atom is -0.350 e. The van der Waals surface area contributed by atoms with E-state index in [0.717, 1.165) is 6.42 Å². The molecule has 2 aliphatic rings. The number of nitrogens with zero attached hydrogens (tertiary/aromatic N) is 2. The third-order valence-electron chi connectivity index (χ3n) is 5.28. The highest BCUT2D eigenvalue weighted by molar-refractivity contribution is 7.89. The molecule has 0 unspecified atom stereocenters. The van der Waals surface area contributed by atoms with E-state index in [1.165, 1.54) is 16.4 Å². The third-order valence-corrected chi connectivity index (χ3v) is 7.34. The Morgan fingerprint density at radius 3 is 2.15 bits per heavy atom. The van der Waals surface area contributed by atoms with Crippen LogP contribution in [-0.2, 0) is 19.5 Å². The van der Waals surface area contributed by atoms with Crippen LogP contribution >= 0.6 is 0 Å². The Morgan fingerprint density at radius 1 is 1.07 bits per heavy atom. The second-order valence-corrected chi connectivity index (χ2v) is 8.81. The SMILES string of the molecule is CCN(CC)S(=O)(=O)c1ccc(C(=O)N2CCC3(CC2)OCCCO3)cc1. The molecule has 0 bridgehead atoms. The summed E-state index contributed by atoms with van der Waals surface area (Å²) >= 11 is 0. The van der Waals surface area contributed by atoms with Crippen LogP contribution in [0.5, 0.6) is 0 Å². The van der Waals surface area contributed by atoms with Crippen LogP contribution in [0.25, 0.3) is 0 Å². The van der Waals surface area contributed by atoms with E-state index in [0.29, 0.717) is 57.8 Å². The molecule has 1 aromatic carbocycles. The Labute approximate surface area is 161 Å². The molecule has 2 heterocycles. The first kappa shape index (κ1) is 20.3. The summed E-state index contributed by atoms with van der Waals surface area (Å²) in [7, 11) is -3.51. The lowest BCUT2D eigenvalue weighted by Crippen LogP contribution is -2.51. The quantitative estimate of drug-likeness (QED) is 0.762. The molecule has 1 spiro atoms. The monoisotopic (exact) mass is 396 g/mol. The molecule has 1 aromatic rings. The second kappa shape index (κ2) is 8.26. The number of ether oxygens (including phenoxy) is 2. The van der Waals surface area contributed by atoms with E-state index in [2.05, 4.69) is 0 Å². The molecule has 2 aliphatic heterocycles. The molecule has 27 heavy (non-hydrogen) atoms. The number of hydrogen-bond acceptors (Lipinski definition) is 5. The summed E-state index contributed by atoms with van der Waals surface area (Å²) < 4.78 is 38.1. The van der Waals surface area contributed by atoms with Gasteiger partial charge in [-0.05, 0) is 30.7 Å². The van der Waals surface area contributed by atoms with Crippen molar-refractivity contribution in [3.8, 4) is 0 Å². The van der Waals surface area contributed by atoms with Gasteiger partial charge in [0.1, 0.15) is 0 Å². The average Bonchev–Trinajstić information content (AvgIpc) is 2.69. The van der Waals surface area contributed by atoms with Gasteiger partial charge in [-0.1, -0.05) is 13.8 Å². The second-order valence-electron chi connectivity index (χ2n) is 6.87. The highest BCUT2D eigenvalue weighted by atomic mass is 32.2. The summed E-state index contributed by atoms with van der Waals surface area (Å²) in [5.74, 6) is -0.621. The molecule has 7 nitrogen and oxygen atoms in total. The number of piperidine rings is 1. The molecule has 150 valence electrons. The van der Waals surface area contributed by atoms with Gasteiger partial charge in [0.25, 0.3) is 5.91 Å². The van der Waals surface area contributed by atoms with Crippen molar-refractivity contribution in [2.24, 2.45) is 0 Å². The summed E-state index contributed by atoms with van der Waals surface area (Å²) in [5, 5.41) is 0. The number of hydrogen-bond donors (Lipinski definition) is 0. The Kier molecular flexibility index (Phi) is 6.20. The van der Waals surface area contributed by atoms with Gasteiger partial charge in [-0.25, -0.2) is 8.42 Å². The van der Waals surface area contributed by atoms with Crippen LogP contribution in [-0.4, -0.2) is 68.7 Å². The lowest BCUT2D eigenvalue weighted by molar-refractivity contribution is -0.281. The van der Waals surface area contributed by atoms with Crippen molar-refractivity contribution < 1.29 is 22.7 Å². The first-order valence-corrected chi connectivity index (χ1v) is 11.0. The van der Waals surface area contributed by atoms with E-state index < -0.39 is 15.8 Å². The largest absolute Gasteiger partial charge is 0.350 e. The molecule has 0 saturated carbocycles. The van der Waals surface area contributed by atoms with Gasteiger partial charge in [-0.2, -0.15) is 4.31 Å². The van der Waals surface area contributed by atoms with Gasteiger partial charge in [0, 0.05) is 44.6 Å². The van der Waals surface area contributed by atoms with E-state index >= 15 is 0 Å². The maximum Gasteiger partial charge on any atom is 0.253 e. The number of benzene rings is 1. The summed E-state index contributed by atoms with van der Waals surface area (Å²) in [5.41, 5.74) is 0.495. The molecule has 0 N–H and O–H groups in total. The normalized spacial score (nSPS) is 20.2. The predicted octanol–water partition coefficient (Wildman–Crippen LogP) is 2.09. The fourth-order valence-electron chi connectivity index (χ4n) is 3.62. The number of rotatable bonds is 5. The number of sulfonamides is 1. The molecule has 0 aromatic heterocycles. The molecule has 0 radical (unpaired) electrons. The molecule has 2 saturated heterocycles. The predicted molar refractivity (Wildman–Crippen MR) is 101 cm³/mol. The Hall–Kier alpha value is -1.48. The van der Waals surface area contributed by atoms with Gasteiger partial charge in [0.15, 0.2) is 5.79 Å². The summed E-state index contributed by atoms with van der Waals surface area (Å²) in [6.45, 7) is 6.99. The Morgan fingerprint density at radius 2 is 1.63 bits per heavy atom. The van der Waals surface area contributed by atoms with E-state index in [4.69, 9.17) is 9.47 Å². The third kappa shape index (κ3) is 4.18. The van der Waals surface area contributed by atoms with Crippen molar-refractivity contribution in [3.63, 3.8) is 0 Å².